The molecule has 0 radical (unpaired) electrons. The van der Waals surface area contributed by atoms with E-state index in [9.17, 15) is 14.4 Å². The number of urea groups is 2. The lowest BCUT2D eigenvalue weighted by atomic mass is 10.4. The van der Waals surface area contributed by atoms with Gasteiger partial charge in [0.1, 0.15) is 6.54 Å². The summed E-state index contributed by atoms with van der Waals surface area (Å²) in [6.45, 7) is 1.90. The van der Waals surface area contributed by atoms with E-state index in [1.165, 1.54) is 4.90 Å². The van der Waals surface area contributed by atoms with Crippen molar-refractivity contribution in [1.82, 2.24) is 20.4 Å². The Morgan fingerprint density at radius 3 is 2.33 bits per heavy atom. The molecule has 0 aliphatic carbocycles. The predicted octanol–water partition coefficient (Wildman–Crippen LogP) is -1.44. The van der Waals surface area contributed by atoms with Crippen molar-refractivity contribution in [2.75, 3.05) is 32.7 Å². The molecular weight excluding hydrogens is 200 g/mol. The first-order valence-electron chi connectivity index (χ1n) is 4.79. The molecule has 82 valence electrons. The molecule has 5 amide bonds. The second kappa shape index (κ2) is 3.76. The summed E-state index contributed by atoms with van der Waals surface area (Å²) in [6, 6.07) is -0.623. The molecule has 0 bridgehead atoms. The number of nitrogens with one attached hydrogen (secondary N) is 2. The fraction of sp³-hybridized carbons (Fsp3) is 0.625. The Hall–Kier alpha value is -1.79. The molecule has 0 atom stereocenters. The summed E-state index contributed by atoms with van der Waals surface area (Å²) in [6.07, 6.45) is 0. The number of nitrogens with zero attached hydrogens (tertiary/aromatic N) is 2. The molecule has 0 aromatic heterocycles. The lowest BCUT2D eigenvalue weighted by Crippen LogP contribution is -2.43. The first-order valence-corrected chi connectivity index (χ1v) is 4.79. The van der Waals surface area contributed by atoms with Crippen LogP contribution in [0.2, 0.25) is 0 Å². The van der Waals surface area contributed by atoms with Crippen LogP contribution < -0.4 is 10.6 Å². The Balaban J connectivity index is 1.91. The second-order valence-electron chi connectivity index (χ2n) is 3.43. The van der Waals surface area contributed by atoms with Gasteiger partial charge in [-0.1, -0.05) is 0 Å². The third-order valence-electron chi connectivity index (χ3n) is 2.43. The van der Waals surface area contributed by atoms with Crippen molar-refractivity contribution in [1.29, 1.82) is 0 Å². The summed E-state index contributed by atoms with van der Waals surface area (Å²) in [4.78, 5) is 36.4. The van der Waals surface area contributed by atoms with Gasteiger partial charge in [-0.25, -0.2) is 9.59 Å². The Labute approximate surface area is 86.4 Å². The normalized spacial score (nSPS) is 20.5. The molecule has 2 aliphatic rings. The number of hydrogen-bond acceptors (Lipinski definition) is 3. The van der Waals surface area contributed by atoms with Crippen LogP contribution in [0.5, 0.6) is 0 Å². The molecular formula is C8H12N4O3. The van der Waals surface area contributed by atoms with Gasteiger partial charge in [-0.2, -0.15) is 0 Å². The maximum Gasteiger partial charge on any atom is 0.324 e. The Bertz CT molecular complexity index is 317. The molecule has 2 N–H and O–H groups in total. The van der Waals surface area contributed by atoms with Crippen LogP contribution in [0.3, 0.4) is 0 Å². The zero-order valence-electron chi connectivity index (χ0n) is 8.15. The van der Waals surface area contributed by atoms with Gasteiger partial charge in [-0.15, -0.1) is 0 Å². The number of hydrogen-bond donors (Lipinski definition) is 2. The highest BCUT2D eigenvalue weighted by molar-refractivity contribution is 5.97. The standard InChI is InChI=1S/C8H12N4O3/c13-6(12-4-2-10-8(12)15)5-11-3-1-9-7(11)14/h1-5H2,(H,9,14)(H,10,15). The number of imide groups is 1. The minimum Gasteiger partial charge on any atom is -0.336 e. The number of carbonyl (C=O) groups is 3. The van der Waals surface area contributed by atoms with E-state index >= 15 is 0 Å². The number of rotatable bonds is 2. The third-order valence-corrected chi connectivity index (χ3v) is 2.43. The van der Waals surface area contributed by atoms with Gasteiger partial charge in [0.15, 0.2) is 0 Å². The molecule has 7 nitrogen and oxygen atoms in total. The minimum absolute atomic E-state index is 0.0285. The van der Waals surface area contributed by atoms with Crippen LogP contribution in [0.15, 0.2) is 0 Å². The van der Waals surface area contributed by atoms with Gasteiger partial charge < -0.3 is 15.5 Å². The molecule has 0 aromatic carbocycles. The van der Waals surface area contributed by atoms with Crippen molar-refractivity contribution >= 4 is 18.0 Å². The van der Waals surface area contributed by atoms with E-state index in [0.717, 1.165) is 4.90 Å². The summed E-state index contributed by atoms with van der Waals surface area (Å²) in [7, 11) is 0. The van der Waals surface area contributed by atoms with Crippen LogP contribution in [0.1, 0.15) is 0 Å². The van der Waals surface area contributed by atoms with Crippen LogP contribution in [-0.4, -0.2) is 60.5 Å². The van der Waals surface area contributed by atoms with E-state index in [2.05, 4.69) is 10.6 Å². The molecule has 2 saturated heterocycles. The first kappa shape index (κ1) is 9.75. The van der Waals surface area contributed by atoms with Crippen molar-refractivity contribution in [3.8, 4) is 0 Å². The van der Waals surface area contributed by atoms with Crippen molar-refractivity contribution < 1.29 is 14.4 Å². The maximum atomic E-state index is 11.6. The first-order chi connectivity index (χ1) is 7.18. The zero-order valence-corrected chi connectivity index (χ0v) is 8.15. The largest absolute Gasteiger partial charge is 0.336 e. The molecule has 0 aromatic rings. The van der Waals surface area contributed by atoms with E-state index < -0.39 is 0 Å². The monoisotopic (exact) mass is 212 g/mol. The fourth-order valence-corrected chi connectivity index (χ4v) is 1.62. The van der Waals surface area contributed by atoms with Crippen LogP contribution in [0, 0.1) is 0 Å². The summed E-state index contributed by atoms with van der Waals surface area (Å²) in [5, 5.41) is 5.13. The highest BCUT2D eigenvalue weighted by Gasteiger charge is 2.29. The molecule has 0 unspecified atom stereocenters. The molecule has 2 rings (SSSR count). The van der Waals surface area contributed by atoms with Gasteiger partial charge in [-0.3, -0.25) is 9.69 Å². The van der Waals surface area contributed by atoms with Crippen molar-refractivity contribution in [3.05, 3.63) is 0 Å². The van der Waals surface area contributed by atoms with Gasteiger partial charge in [0.2, 0.25) is 5.91 Å². The van der Waals surface area contributed by atoms with Crippen LogP contribution in [0.25, 0.3) is 0 Å². The van der Waals surface area contributed by atoms with Gasteiger partial charge in [0.05, 0.1) is 0 Å². The molecule has 2 aliphatic heterocycles. The quantitative estimate of drug-likeness (QED) is 0.588. The smallest absolute Gasteiger partial charge is 0.324 e. The molecule has 2 heterocycles. The minimum atomic E-state index is -0.375. The second-order valence-corrected chi connectivity index (χ2v) is 3.43. The van der Waals surface area contributed by atoms with E-state index in [1.807, 2.05) is 0 Å². The average molecular weight is 212 g/mol. The van der Waals surface area contributed by atoms with Crippen molar-refractivity contribution in [2.45, 2.75) is 0 Å². The SMILES string of the molecule is O=C1NCCN1CC(=O)N1CCNC1=O. The van der Waals surface area contributed by atoms with E-state index in [-0.39, 0.29) is 24.5 Å². The van der Waals surface area contributed by atoms with Gasteiger partial charge in [0.25, 0.3) is 0 Å². The van der Waals surface area contributed by atoms with Gasteiger partial charge in [0, 0.05) is 26.2 Å². The lowest BCUT2D eigenvalue weighted by molar-refractivity contribution is -0.128. The zero-order chi connectivity index (χ0) is 10.8. The van der Waals surface area contributed by atoms with Crippen LogP contribution in [0.4, 0.5) is 9.59 Å². The average Bonchev–Trinajstić information content (AvgIpc) is 2.76. The summed E-state index contributed by atoms with van der Waals surface area (Å²) < 4.78 is 0. The Morgan fingerprint density at radius 2 is 1.80 bits per heavy atom. The third kappa shape index (κ3) is 1.85. The predicted molar refractivity (Wildman–Crippen MR) is 50.1 cm³/mol. The Morgan fingerprint density at radius 1 is 1.13 bits per heavy atom. The summed E-state index contributed by atoms with van der Waals surface area (Å²) in [5.74, 6) is -0.331. The van der Waals surface area contributed by atoms with E-state index in [4.69, 9.17) is 0 Å². The lowest BCUT2D eigenvalue weighted by Gasteiger charge is -2.17. The highest BCUT2D eigenvalue weighted by Crippen LogP contribution is 2.02. The molecule has 0 spiro atoms. The van der Waals surface area contributed by atoms with E-state index in [0.29, 0.717) is 26.2 Å². The summed E-state index contributed by atoms with van der Waals surface area (Å²) in [5.41, 5.74) is 0. The van der Waals surface area contributed by atoms with E-state index in [1.54, 1.807) is 0 Å². The molecule has 2 fully saturated rings. The number of carbonyl (C=O) groups excluding carboxylic acids is 3. The van der Waals surface area contributed by atoms with Crippen molar-refractivity contribution in [2.24, 2.45) is 0 Å². The fourth-order valence-electron chi connectivity index (χ4n) is 1.62. The molecule has 15 heavy (non-hydrogen) atoms. The van der Waals surface area contributed by atoms with Gasteiger partial charge >= 0.3 is 12.1 Å². The topological polar surface area (TPSA) is 81.8 Å². The highest BCUT2D eigenvalue weighted by atomic mass is 16.2. The molecule has 0 saturated carbocycles. The summed E-state index contributed by atoms with van der Waals surface area (Å²) >= 11 is 0. The van der Waals surface area contributed by atoms with Crippen LogP contribution >= 0.6 is 0 Å². The Kier molecular flexibility index (Phi) is 2.44. The van der Waals surface area contributed by atoms with Crippen LogP contribution in [-0.2, 0) is 4.79 Å². The maximum absolute atomic E-state index is 11.6. The van der Waals surface area contributed by atoms with Crippen molar-refractivity contribution in [3.63, 3.8) is 0 Å². The van der Waals surface area contributed by atoms with Gasteiger partial charge in [-0.05, 0) is 0 Å². The number of amides is 5. The molecule has 7 heteroatoms.